The van der Waals surface area contributed by atoms with Crippen molar-refractivity contribution >= 4 is 129 Å². The lowest BCUT2D eigenvalue weighted by atomic mass is 10.2. The molecule has 2 aromatic rings. The molecule has 2 N–H and O–H groups in total. The summed E-state index contributed by atoms with van der Waals surface area (Å²) in [5.41, 5.74) is -0.0325. The van der Waals surface area contributed by atoms with Crippen molar-refractivity contribution in [2.45, 2.75) is 4.90 Å². The number of carbonyl (C=O) groups excluding carboxylic acids is 1. The van der Waals surface area contributed by atoms with Gasteiger partial charge in [-0.1, -0.05) is 0 Å². The van der Waals surface area contributed by atoms with Gasteiger partial charge in [-0.2, -0.15) is 8.42 Å². The zero-order valence-corrected chi connectivity index (χ0v) is 23.2. The molecule has 0 radical (unpaired) electrons. The van der Waals surface area contributed by atoms with E-state index in [0.717, 1.165) is 3.57 Å². The van der Waals surface area contributed by atoms with Crippen LogP contribution < -0.4 is 4.74 Å². The number of ether oxygens (including phenoxy) is 1. The average molecular weight is 924 g/mol. The third-order valence-corrected chi connectivity index (χ3v) is 8.59. The molecule has 6 nitrogen and oxygen atoms in total. The number of phenolic OH excluding ortho intramolecular Hbond substituents is 1. The predicted molar refractivity (Wildman–Crippen MR) is 133 cm³/mol. The summed E-state index contributed by atoms with van der Waals surface area (Å²) in [5.74, 6) is -1.03. The van der Waals surface area contributed by atoms with Crippen molar-refractivity contribution in [2.75, 3.05) is 0 Å². The van der Waals surface area contributed by atoms with Crippen molar-refractivity contribution in [3.63, 3.8) is 0 Å². The van der Waals surface area contributed by atoms with Gasteiger partial charge in [-0.15, -0.1) is 0 Å². The van der Waals surface area contributed by atoms with Crippen molar-refractivity contribution < 1.29 is 27.6 Å². The number of aromatic hydroxyl groups is 1. The molecule has 0 aliphatic carbocycles. The maximum Gasteiger partial charge on any atom is 0.347 e. The van der Waals surface area contributed by atoms with E-state index in [4.69, 9.17) is 4.74 Å². The first-order valence-corrected chi connectivity index (χ1v) is 12.8. The molecule has 0 heterocycles. The van der Waals surface area contributed by atoms with E-state index in [9.17, 15) is 22.9 Å². The zero-order valence-electron chi connectivity index (χ0n) is 11.6. The normalized spacial score (nSPS) is 11.4. The minimum atomic E-state index is -4.49. The Morgan fingerprint density at radius 1 is 0.960 bits per heavy atom. The average Bonchev–Trinajstić information content (AvgIpc) is 2.45. The fraction of sp³-hybridized carbons (Fsp3) is 0. The highest BCUT2D eigenvalue weighted by Crippen LogP contribution is 2.37. The third-order valence-electron chi connectivity index (χ3n) is 2.79. The lowest BCUT2D eigenvalue weighted by Crippen LogP contribution is -2.14. The van der Waals surface area contributed by atoms with Crippen molar-refractivity contribution in [1.29, 1.82) is 0 Å². The summed E-state index contributed by atoms with van der Waals surface area (Å²) < 4.78 is 40.1. The summed E-state index contributed by atoms with van der Waals surface area (Å²) in [7, 11) is -4.49. The zero-order chi connectivity index (χ0) is 19.1. The van der Waals surface area contributed by atoms with Gasteiger partial charge in [0.05, 0.1) is 10.7 Å². The van der Waals surface area contributed by atoms with Gasteiger partial charge in [0.15, 0.2) is 5.75 Å². The first-order chi connectivity index (χ1) is 11.4. The summed E-state index contributed by atoms with van der Waals surface area (Å²) in [4.78, 5) is 12.2. The predicted octanol–water partition coefficient (Wildman–Crippen LogP) is 4.88. The lowest BCUT2D eigenvalue weighted by molar-refractivity contribution is 0.0728. The summed E-state index contributed by atoms with van der Waals surface area (Å²) >= 11 is 9.29. The number of esters is 1. The van der Waals surface area contributed by atoms with Gasteiger partial charge in [0, 0.05) is 7.14 Å². The van der Waals surface area contributed by atoms with Crippen LogP contribution in [0.5, 0.6) is 11.5 Å². The van der Waals surface area contributed by atoms with Crippen LogP contribution in [0.15, 0.2) is 23.1 Å². The topological polar surface area (TPSA) is 101 Å². The van der Waals surface area contributed by atoms with Gasteiger partial charge in [0.1, 0.15) is 16.2 Å². The van der Waals surface area contributed by atoms with E-state index in [1.165, 1.54) is 12.1 Å². The molecule has 134 valence electrons. The van der Waals surface area contributed by atoms with Gasteiger partial charge in [-0.25, -0.2) is 4.79 Å². The molecule has 0 aromatic heterocycles. The summed E-state index contributed by atoms with van der Waals surface area (Å²) in [6.07, 6.45) is 0. The molecule has 0 fully saturated rings. The summed E-state index contributed by atoms with van der Waals surface area (Å²) in [5, 5.41) is 10.1. The number of phenols is 1. The maximum absolute atomic E-state index is 12.5. The molecule has 0 atom stereocenters. The van der Waals surface area contributed by atoms with E-state index < -0.39 is 16.1 Å². The number of carbonyl (C=O) groups is 1. The Balaban J connectivity index is 2.57. The summed E-state index contributed by atoms with van der Waals surface area (Å²) in [6, 6.07) is 4.64. The largest absolute Gasteiger partial charge is 0.506 e. The highest BCUT2D eigenvalue weighted by atomic mass is 127. The van der Waals surface area contributed by atoms with Crippen LogP contribution >= 0.6 is 113 Å². The Morgan fingerprint density at radius 3 is 2.12 bits per heavy atom. The van der Waals surface area contributed by atoms with Crippen molar-refractivity contribution in [3.05, 3.63) is 41.6 Å². The number of rotatable bonds is 3. The SMILES string of the molecule is O=C(Oc1c(I)cc(I)c(S(=O)(=O)O)c1I)c1cc(I)cc(I)c1O. The Labute approximate surface area is 211 Å². The lowest BCUT2D eigenvalue weighted by Gasteiger charge is -2.14. The second-order valence-electron chi connectivity index (χ2n) is 4.46. The Hall–Kier alpha value is 1.27. The van der Waals surface area contributed by atoms with Crippen molar-refractivity contribution in [1.82, 2.24) is 0 Å². The molecule has 2 aromatic carbocycles. The Bertz CT molecular complexity index is 989. The number of benzene rings is 2. The summed E-state index contributed by atoms with van der Waals surface area (Å²) in [6.45, 7) is 0. The van der Waals surface area contributed by atoms with Crippen molar-refractivity contribution in [3.8, 4) is 11.5 Å². The first kappa shape index (κ1) is 22.6. The molecule has 12 heteroatoms. The molecule has 0 unspecified atom stereocenters. The first-order valence-electron chi connectivity index (χ1n) is 5.98. The molecule has 0 saturated carbocycles. The fourth-order valence-electron chi connectivity index (χ4n) is 1.75. The van der Waals surface area contributed by atoms with Crippen LogP contribution in [-0.4, -0.2) is 24.0 Å². The fourth-order valence-corrected chi connectivity index (χ4v) is 9.48. The highest BCUT2D eigenvalue weighted by Gasteiger charge is 2.26. The molecule has 0 amide bonds. The molecular weight excluding hydrogens is 919 g/mol. The number of hydrogen-bond acceptors (Lipinski definition) is 5. The van der Waals surface area contributed by atoms with Gasteiger partial charge in [0.25, 0.3) is 10.1 Å². The van der Waals surface area contributed by atoms with Gasteiger partial charge in [-0.05, 0) is 131 Å². The second kappa shape index (κ2) is 8.74. The molecule has 0 saturated heterocycles. The highest BCUT2D eigenvalue weighted by molar-refractivity contribution is 14.1. The van der Waals surface area contributed by atoms with Gasteiger partial charge in [0.2, 0.25) is 0 Å². The van der Waals surface area contributed by atoms with Gasteiger partial charge < -0.3 is 9.84 Å². The van der Waals surface area contributed by atoms with E-state index in [1.54, 1.807) is 51.2 Å². The minimum Gasteiger partial charge on any atom is -0.506 e. The van der Waals surface area contributed by atoms with Crippen molar-refractivity contribution in [2.24, 2.45) is 0 Å². The van der Waals surface area contributed by atoms with Gasteiger partial charge >= 0.3 is 5.97 Å². The Kier molecular flexibility index (Phi) is 7.89. The number of halogens is 5. The van der Waals surface area contributed by atoms with E-state index in [0.29, 0.717) is 10.7 Å². The minimum absolute atomic E-state index is 0.00695. The third kappa shape index (κ3) is 5.21. The van der Waals surface area contributed by atoms with Crippen LogP contribution in [0.25, 0.3) is 0 Å². The maximum atomic E-state index is 12.5. The quantitative estimate of drug-likeness (QED) is 0.197. The Morgan fingerprint density at radius 2 is 1.56 bits per heavy atom. The molecule has 0 aliphatic rings. The molecule has 25 heavy (non-hydrogen) atoms. The van der Waals surface area contributed by atoms with E-state index >= 15 is 0 Å². The van der Waals surface area contributed by atoms with E-state index in [1.807, 2.05) is 67.8 Å². The molecule has 0 bridgehead atoms. The molecular formula is C13H5I5O6S. The number of hydrogen-bond donors (Lipinski definition) is 2. The van der Waals surface area contributed by atoms with Gasteiger partial charge in [-0.3, -0.25) is 4.55 Å². The molecule has 0 aliphatic heterocycles. The molecule has 0 spiro atoms. The smallest absolute Gasteiger partial charge is 0.347 e. The standard InChI is InChI=1S/C13H5I5O6S/c14-4-1-5(10(19)6(15)2-4)13(20)24-11-7(16)3-8(17)12(9(11)18)25(21,22)23/h1-3,19H,(H,21,22,23). The second-order valence-corrected chi connectivity index (χ2v) is 11.6. The monoisotopic (exact) mass is 924 g/mol. The van der Waals surface area contributed by atoms with Crippen LogP contribution in [-0.2, 0) is 10.1 Å². The van der Waals surface area contributed by atoms with Crippen LogP contribution in [0.3, 0.4) is 0 Å². The van der Waals surface area contributed by atoms with Crippen LogP contribution in [0, 0.1) is 17.9 Å². The molecule has 2 rings (SSSR count). The van der Waals surface area contributed by atoms with Crippen LogP contribution in [0.4, 0.5) is 0 Å². The van der Waals surface area contributed by atoms with E-state index in [2.05, 4.69) is 0 Å². The van der Waals surface area contributed by atoms with Crippen LogP contribution in [0.1, 0.15) is 10.4 Å². The van der Waals surface area contributed by atoms with Crippen LogP contribution in [0.2, 0.25) is 0 Å². The van der Waals surface area contributed by atoms with E-state index in [-0.39, 0.29) is 25.5 Å².